The van der Waals surface area contributed by atoms with Crippen LogP contribution in [0.4, 0.5) is 9.59 Å². The van der Waals surface area contributed by atoms with Gasteiger partial charge < -0.3 is 34.4 Å². The minimum Gasteiger partial charge on any atom is -2.00 e. The fraction of sp³-hybridized carbons (Fsp3) is 0.629. The van der Waals surface area contributed by atoms with Gasteiger partial charge >= 0.3 is 62.2 Å². The fourth-order valence-corrected chi connectivity index (χ4v) is 44.2. The number of hydrogen-bond acceptors (Lipinski definition) is 4. The van der Waals surface area contributed by atoms with Crippen LogP contribution in [-0.2, 0) is 5.48 Å². The molecule has 0 spiro atoms. The number of rotatable bonds is 16. The van der Waals surface area contributed by atoms with Crippen molar-refractivity contribution in [3.05, 3.63) is 118 Å². The molecule has 0 radical (unpaired) electrons. The van der Waals surface area contributed by atoms with Gasteiger partial charge in [-0.25, -0.2) is 45.9 Å². The van der Waals surface area contributed by atoms with Crippen molar-refractivity contribution < 1.29 is 87.5 Å². The van der Waals surface area contributed by atoms with Crippen molar-refractivity contribution in [2.75, 3.05) is 0 Å². The first kappa shape index (κ1) is 85.6. The number of hydrogen-bond donors (Lipinski definition) is 0. The summed E-state index contributed by atoms with van der Waals surface area (Å²) < 4.78 is 2.43. The molecule has 2 aromatic heterocycles. The quantitative estimate of drug-likeness (QED) is 0.0820. The van der Waals surface area contributed by atoms with Crippen molar-refractivity contribution in [1.82, 2.24) is 9.13 Å². The molecule has 13 heteroatoms. The van der Waals surface area contributed by atoms with Crippen LogP contribution in [0.15, 0.2) is 72.8 Å². The average Bonchev–Trinajstić information content (AvgIpc) is 3.62. The van der Waals surface area contributed by atoms with Crippen molar-refractivity contribution in [1.29, 1.82) is 0 Å². The standard InChI is InChI=1S/2C26H48Si2.2C9H13NO2.O.2U/c2*1-19(2)27(20(3)4,21(5)6)25-15-13-14-16-26(18-17-25)28(22(7)8,23(9)10)24(11)12;2*1-5-6(2)8(4)10(7(5)3)9(11)12;;;/h2*13-24H,1-12H3;2*1-4H3,(H,11,12);;;/q2*-2;;;-2;2*+4/p-2. The number of aromatic nitrogens is 2. The second-order valence-electron chi connectivity index (χ2n) is 27.6. The molecule has 0 aliphatic rings. The molecule has 0 unspecified atom stereocenters. The molecule has 7 nitrogen and oxygen atoms in total. The molecule has 0 aliphatic heterocycles. The Morgan fingerprint density at radius 1 is 0.398 bits per heavy atom. The third-order valence-corrected chi connectivity index (χ3v) is 48.9. The summed E-state index contributed by atoms with van der Waals surface area (Å²) in [4.78, 5) is 21.3. The topological polar surface area (TPSA) is 119 Å². The van der Waals surface area contributed by atoms with Crippen LogP contribution in [0.1, 0.15) is 211 Å². The summed E-state index contributed by atoms with van der Waals surface area (Å²) in [5.41, 5.74) is 16.0. The van der Waals surface area contributed by atoms with Crippen LogP contribution in [0.5, 0.6) is 0 Å². The van der Waals surface area contributed by atoms with Gasteiger partial charge in [0.15, 0.2) is 0 Å². The predicted molar refractivity (Wildman–Crippen MR) is 362 cm³/mol. The number of carboxylic acid groups (broad SMARTS) is 2. The fourth-order valence-electron chi connectivity index (χ4n) is 17.2. The largest absolute Gasteiger partial charge is 4.00 e. The molecular weight excluding hydrogens is 1540 g/mol. The Labute approximate surface area is 562 Å². The minimum atomic E-state index is -1.64. The van der Waals surface area contributed by atoms with Gasteiger partial charge in [0.2, 0.25) is 0 Å². The summed E-state index contributed by atoms with van der Waals surface area (Å²) in [6.07, 6.45) is -2.30. The molecule has 0 bridgehead atoms. The molecule has 0 fully saturated rings. The van der Waals surface area contributed by atoms with Crippen LogP contribution in [0.25, 0.3) is 0 Å². The zero-order chi connectivity index (χ0) is 62.7. The molecule has 4 rings (SSSR count). The van der Waals surface area contributed by atoms with Crippen molar-refractivity contribution in [3.8, 4) is 0 Å². The zero-order valence-electron chi connectivity index (χ0n) is 58.8. The molecule has 0 atom stereocenters. The molecule has 0 aliphatic carbocycles. The first-order valence-corrected chi connectivity index (χ1v) is 39.9. The zero-order valence-corrected chi connectivity index (χ0v) is 71.1. The van der Waals surface area contributed by atoms with Gasteiger partial charge in [-0.1, -0.05) is 233 Å². The molecule has 0 amide bonds. The number of carbonyl (C=O) groups is 2. The maximum atomic E-state index is 10.7. The maximum absolute atomic E-state index is 10.7. The van der Waals surface area contributed by atoms with E-state index in [0.717, 1.165) is 112 Å². The Hall–Kier alpha value is -1.65. The van der Waals surface area contributed by atoms with Gasteiger partial charge in [-0.05, 0) is 77.6 Å². The van der Waals surface area contributed by atoms with Crippen molar-refractivity contribution >= 4 is 65.2 Å². The van der Waals surface area contributed by atoms with Crippen molar-refractivity contribution in [3.63, 3.8) is 0 Å². The molecular formula is C70H120N2O5Si4U2. The SMILES string of the molecule is CC(C)[Si](c1cc[c-]([Si](C(C)C)(C(C)C)C(C)C)cc[cH-]c1)(C(C)C)C(C)C.CC(C)[Si](c1cc[cH-]cc([Si](C(C)C)(C(C)C)C(C)C)[cH-]c1)(C(C)C)C(C)C.Cc1c(C)c(C)n(C(=O)[O-])c1C.Cc1c(C)c(C)n(C(=O)[O-])c1C.[O-2].[U+4].[U+4]. The summed E-state index contributed by atoms with van der Waals surface area (Å²) >= 11 is 0. The van der Waals surface area contributed by atoms with Gasteiger partial charge in [0.1, 0.15) is 12.2 Å². The van der Waals surface area contributed by atoms with Gasteiger partial charge in [0.05, 0.1) is 0 Å². The van der Waals surface area contributed by atoms with E-state index >= 15 is 0 Å². The van der Waals surface area contributed by atoms with Crippen LogP contribution in [0.3, 0.4) is 0 Å². The second kappa shape index (κ2) is 36.1. The Kier molecular flexibility index (Phi) is 37.2. The summed E-state index contributed by atoms with van der Waals surface area (Å²) in [7, 11) is -6.56. The van der Waals surface area contributed by atoms with Crippen LogP contribution in [0.2, 0.25) is 66.5 Å². The van der Waals surface area contributed by atoms with Crippen LogP contribution in [0, 0.1) is 118 Å². The van der Waals surface area contributed by atoms with Crippen LogP contribution >= 0.6 is 0 Å². The van der Waals surface area contributed by atoms with Crippen molar-refractivity contribution in [2.24, 2.45) is 0 Å². The molecule has 0 saturated carbocycles. The van der Waals surface area contributed by atoms with E-state index in [0.29, 0.717) is 0 Å². The van der Waals surface area contributed by atoms with Gasteiger partial charge in [-0.3, -0.25) is 23.4 Å². The van der Waals surface area contributed by atoms with E-state index in [1.165, 1.54) is 9.13 Å². The summed E-state index contributed by atoms with van der Waals surface area (Å²) in [5.74, 6) is 0. The normalized spacial score (nSPS) is 12.1. The molecule has 4 aromatic rings. The summed E-state index contributed by atoms with van der Waals surface area (Å²) in [6, 6.07) is 29.3. The van der Waals surface area contributed by atoms with E-state index in [1.54, 1.807) is 48.4 Å². The first-order valence-electron chi connectivity index (χ1n) is 31.0. The Morgan fingerprint density at radius 2 is 0.675 bits per heavy atom. The smallest absolute Gasteiger partial charge is 2.00 e. The van der Waals surface area contributed by atoms with Gasteiger partial charge in [-0.15, -0.1) is 0 Å². The van der Waals surface area contributed by atoms with Gasteiger partial charge in [0.25, 0.3) is 0 Å². The Balaban J connectivity index is -0.00000108. The van der Waals surface area contributed by atoms with E-state index in [1.807, 2.05) is 27.7 Å². The number of nitrogens with zero attached hydrogens (tertiary/aromatic N) is 2. The van der Waals surface area contributed by atoms with E-state index < -0.39 is 44.5 Å². The first-order chi connectivity index (χ1) is 36.7. The predicted octanol–water partition coefficient (Wildman–Crippen LogP) is 17.7. The number of carbonyl (C=O) groups excluding carboxylic acids is 2. The van der Waals surface area contributed by atoms with Gasteiger partial charge in [-0.2, -0.15) is 24.3 Å². The molecule has 83 heavy (non-hydrogen) atoms. The Bertz CT molecular complexity index is 2260. The third-order valence-electron chi connectivity index (χ3n) is 20.7. The monoisotopic (exact) mass is 1660 g/mol. The Morgan fingerprint density at radius 3 is 0.928 bits per heavy atom. The minimum absolute atomic E-state index is 0. The molecule has 0 saturated heterocycles. The third kappa shape index (κ3) is 17.8. The molecule has 0 N–H and O–H groups in total. The summed E-state index contributed by atoms with van der Waals surface area (Å²) in [5, 5.41) is 27.9. The van der Waals surface area contributed by atoms with E-state index in [4.69, 9.17) is 0 Å². The van der Waals surface area contributed by atoms with Crippen LogP contribution < -0.4 is 31.0 Å². The van der Waals surface area contributed by atoms with Crippen LogP contribution in [-0.4, -0.2) is 53.6 Å². The van der Waals surface area contributed by atoms with E-state index in [-0.39, 0.29) is 67.7 Å². The van der Waals surface area contributed by atoms with Crippen molar-refractivity contribution in [2.45, 2.75) is 288 Å². The van der Waals surface area contributed by atoms with E-state index in [2.05, 4.69) is 239 Å². The maximum Gasteiger partial charge on any atom is 4.00 e. The second-order valence-corrected chi connectivity index (χ2v) is 51.2. The summed E-state index contributed by atoms with van der Waals surface area (Å²) in [6.45, 7) is 74.0. The van der Waals surface area contributed by atoms with Gasteiger partial charge in [0, 0.05) is 55.1 Å². The molecule has 2 heterocycles. The average molecular weight is 1660 g/mol. The molecule has 464 valence electrons. The molecule has 2 aromatic carbocycles. The van der Waals surface area contributed by atoms with E-state index in [9.17, 15) is 19.8 Å².